The van der Waals surface area contributed by atoms with Gasteiger partial charge in [0.1, 0.15) is 0 Å². The molecule has 1 aromatic rings. The first kappa shape index (κ1) is 10.4. The van der Waals surface area contributed by atoms with Gasteiger partial charge >= 0.3 is 92.4 Å². The van der Waals surface area contributed by atoms with Crippen LogP contribution in [-0.2, 0) is 0 Å². The third-order valence-corrected chi connectivity index (χ3v) is 3.65. The molecule has 62 valence electrons. The van der Waals surface area contributed by atoms with Crippen LogP contribution in [0.1, 0.15) is 23.1 Å². The fourth-order valence-electron chi connectivity index (χ4n) is 1.13. The van der Waals surface area contributed by atoms with Crippen molar-refractivity contribution >= 4 is 33.7 Å². The summed E-state index contributed by atoms with van der Waals surface area (Å²) >= 11 is 5.40. The van der Waals surface area contributed by atoms with Crippen LogP contribution in [0, 0.1) is 0 Å². The van der Waals surface area contributed by atoms with Crippen molar-refractivity contribution in [1.82, 2.24) is 0 Å². The van der Waals surface area contributed by atoms with Crippen molar-refractivity contribution in [3.8, 4) is 0 Å². The molecule has 1 aromatic carbocycles. The van der Waals surface area contributed by atoms with Crippen LogP contribution in [0.5, 0.6) is 0 Å². The van der Waals surface area contributed by atoms with Crippen molar-refractivity contribution in [2.75, 3.05) is 0 Å². The normalized spacial score (nSPS) is 12.8. The van der Waals surface area contributed by atoms with Gasteiger partial charge in [-0.05, 0) is 0 Å². The van der Waals surface area contributed by atoms with Crippen molar-refractivity contribution < 1.29 is 0 Å². The number of benzene rings is 1. The monoisotopic (exact) mass is 282 g/mol. The third kappa shape index (κ3) is 3.38. The molecule has 0 aliphatic carbocycles. The topological polar surface area (TPSA) is 0 Å². The Morgan fingerprint density at radius 1 is 1.17 bits per heavy atom. The molecule has 0 bridgehead atoms. The van der Waals surface area contributed by atoms with E-state index >= 15 is 0 Å². The average molecular weight is 282 g/mol. The molecule has 0 amide bonds. The Hall–Kier alpha value is 0.337. The molecule has 0 aromatic heterocycles. The first-order chi connectivity index (χ1) is 5.84. The van der Waals surface area contributed by atoms with Crippen LogP contribution in [0.25, 0.3) is 0 Å². The standard InChI is InChI=1S/C10H12As2/c11-8-4-7-10(12)9-5-2-1-3-6-9/h1-3,5-6,10H,4,7-8H2. The second kappa shape index (κ2) is 5.89. The van der Waals surface area contributed by atoms with E-state index in [4.69, 9.17) is 0 Å². The van der Waals surface area contributed by atoms with Crippen LogP contribution in [0.4, 0.5) is 0 Å². The Morgan fingerprint density at radius 3 is 2.42 bits per heavy atom. The van der Waals surface area contributed by atoms with Gasteiger partial charge in [0.25, 0.3) is 0 Å². The molecule has 4 radical (unpaired) electrons. The van der Waals surface area contributed by atoms with Crippen LogP contribution < -0.4 is 0 Å². The van der Waals surface area contributed by atoms with E-state index in [2.05, 4.69) is 64.0 Å². The summed E-state index contributed by atoms with van der Waals surface area (Å²) in [6.07, 6.45) is 2.58. The maximum absolute atomic E-state index is 2.76. The van der Waals surface area contributed by atoms with Gasteiger partial charge in [-0.1, -0.05) is 0 Å². The zero-order valence-corrected chi connectivity index (χ0v) is 10.7. The zero-order valence-electron chi connectivity index (χ0n) is 6.98. The van der Waals surface area contributed by atoms with Crippen molar-refractivity contribution in [3.05, 3.63) is 35.9 Å². The summed E-state index contributed by atoms with van der Waals surface area (Å²) in [5.41, 5.74) is 1.44. The second-order valence-corrected chi connectivity index (χ2v) is 5.04. The van der Waals surface area contributed by atoms with Gasteiger partial charge in [-0.25, -0.2) is 0 Å². The van der Waals surface area contributed by atoms with Crippen molar-refractivity contribution in [2.45, 2.75) is 22.8 Å². The van der Waals surface area contributed by atoms with Crippen LogP contribution in [0.3, 0.4) is 0 Å². The molecule has 0 N–H and O–H groups in total. The molecule has 2 heteroatoms. The first-order valence-electron chi connectivity index (χ1n) is 4.18. The predicted molar refractivity (Wildman–Crippen MR) is 54.7 cm³/mol. The Kier molecular flexibility index (Phi) is 5.12. The molecule has 0 fully saturated rings. The number of hydrogen-bond donors (Lipinski definition) is 0. The van der Waals surface area contributed by atoms with E-state index in [9.17, 15) is 0 Å². The van der Waals surface area contributed by atoms with Crippen LogP contribution in [0.15, 0.2) is 30.3 Å². The Labute approximate surface area is 92.1 Å². The summed E-state index contributed by atoms with van der Waals surface area (Å²) in [5, 5.41) is 1.23. The van der Waals surface area contributed by atoms with Gasteiger partial charge in [0, 0.05) is 0 Å². The summed E-state index contributed by atoms with van der Waals surface area (Å²) < 4.78 is 0.655. The van der Waals surface area contributed by atoms with Gasteiger partial charge in [-0.15, -0.1) is 0 Å². The molecular formula is C10H12As2. The summed E-state index contributed by atoms with van der Waals surface area (Å²) in [7, 11) is 0. The van der Waals surface area contributed by atoms with Crippen molar-refractivity contribution in [1.29, 1.82) is 0 Å². The third-order valence-electron chi connectivity index (χ3n) is 1.82. The van der Waals surface area contributed by atoms with Crippen LogP contribution in [-0.4, -0.2) is 33.7 Å². The molecule has 0 nitrogen and oxygen atoms in total. The quantitative estimate of drug-likeness (QED) is 0.743. The average Bonchev–Trinajstić information content (AvgIpc) is 2.15. The SMILES string of the molecule is [As]CCCC([As])c1ccccc1. The van der Waals surface area contributed by atoms with Gasteiger partial charge in [0.05, 0.1) is 0 Å². The van der Waals surface area contributed by atoms with E-state index in [-0.39, 0.29) is 0 Å². The van der Waals surface area contributed by atoms with Crippen molar-refractivity contribution in [3.63, 3.8) is 0 Å². The van der Waals surface area contributed by atoms with E-state index in [1.807, 2.05) is 0 Å². The summed E-state index contributed by atoms with van der Waals surface area (Å²) in [6.45, 7) is 0. The van der Waals surface area contributed by atoms with Gasteiger partial charge in [0.2, 0.25) is 0 Å². The van der Waals surface area contributed by atoms with Gasteiger partial charge in [-0.2, -0.15) is 0 Å². The second-order valence-electron chi connectivity index (χ2n) is 2.79. The molecular weight excluding hydrogens is 270 g/mol. The molecule has 1 atom stereocenters. The number of rotatable bonds is 4. The van der Waals surface area contributed by atoms with Gasteiger partial charge < -0.3 is 0 Å². The van der Waals surface area contributed by atoms with E-state index in [1.165, 1.54) is 23.6 Å². The molecule has 0 aliphatic rings. The Balaban J connectivity index is 2.48. The Morgan fingerprint density at radius 2 is 1.83 bits per heavy atom. The summed E-state index contributed by atoms with van der Waals surface area (Å²) in [6, 6.07) is 10.7. The molecule has 12 heavy (non-hydrogen) atoms. The first-order valence-corrected chi connectivity index (χ1v) is 6.59. The molecule has 1 unspecified atom stereocenters. The summed E-state index contributed by atoms with van der Waals surface area (Å²) in [4.78, 5) is 0. The van der Waals surface area contributed by atoms with E-state index in [0.717, 1.165) is 0 Å². The van der Waals surface area contributed by atoms with E-state index in [0.29, 0.717) is 4.71 Å². The zero-order chi connectivity index (χ0) is 8.81. The molecule has 0 saturated carbocycles. The molecule has 0 aliphatic heterocycles. The Bertz CT molecular complexity index is 208. The minimum atomic E-state index is 0.655. The van der Waals surface area contributed by atoms with Gasteiger partial charge in [-0.3, -0.25) is 0 Å². The molecule has 0 heterocycles. The maximum atomic E-state index is 2.76. The fourth-order valence-corrected chi connectivity index (χ4v) is 2.25. The van der Waals surface area contributed by atoms with Crippen LogP contribution in [0.2, 0.25) is 5.21 Å². The molecule has 1 rings (SSSR count). The van der Waals surface area contributed by atoms with Crippen LogP contribution >= 0.6 is 0 Å². The predicted octanol–water partition coefficient (Wildman–Crippen LogP) is 2.26. The minimum absolute atomic E-state index is 0.655. The van der Waals surface area contributed by atoms with Gasteiger partial charge in [0.15, 0.2) is 0 Å². The van der Waals surface area contributed by atoms with Crippen molar-refractivity contribution in [2.24, 2.45) is 0 Å². The number of hydrogen-bond acceptors (Lipinski definition) is 0. The summed E-state index contributed by atoms with van der Waals surface area (Å²) in [5.74, 6) is 0. The molecule has 0 saturated heterocycles. The fraction of sp³-hybridized carbons (Fsp3) is 0.400. The van der Waals surface area contributed by atoms with E-state index < -0.39 is 0 Å². The molecule has 0 spiro atoms. The van der Waals surface area contributed by atoms with E-state index in [1.54, 1.807) is 0 Å².